The van der Waals surface area contributed by atoms with Crippen molar-refractivity contribution in [3.05, 3.63) is 171 Å². The lowest BCUT2D eigenvalue weighted by Gasteiger charge is -2.46. The number of hydrogen-bond acceptors (Lipinski definition) is 12. The fourth-order valence-electron chi connectivity index (χ4n) is 10.7. The molecule has 5 aromatic rings. The summed E-state index contributed by atoms with van der Waals surface area (Å²) in [7, 11) is 0. The lowest BCUT2D eigenvalue weighted by Crippen LogP contribution is -2.56. The van der Waals surface area contributed by atoms with Crippen molar-refractivity contribution in [1.82, 2.24) is 9.80 Å². The van der Waals surface area contributed by atoms with E-state index in [9.17, 15) is 25.1 Å². The molecule has 15 heteroatoms. The molecular formula is C54H52N4O11. The van der Waals surface area contributed by atoms with Gasteiger partial charge in [0.05, 0.1) is 41.8 Å². The number of ether oxygens (including phenoxy) is 3. The first-order valence-corrected chi connectivity index (χ1v) is 23.4. The number of esters is 1. The number of cyclic esters (lactones) is 1. The van der Waals surface area contributed by atoms with Crippen molar-refractivity contribution in [1.29, 1.82) is 0 Å². The maximum atomic E-state index is 16.7. The Morgan fingerprint density at radius 2 is 1.46 bits per heavy atom. The van der Waals surface area contributed by atoms with Crippen molar-refractivity contribution >= 4 is 35.3 Å². The van der Waals surface area contributed by atoms with E-state index in [1.165, 1.54) is 24.3 Å². The number of likely N-dealkylation sites (tertiary alicyclic amines) is 1. The van der Waals surface area contributed by atoms with E-state index < -0.39 is 64.4 Å². The summed E-state index contributed by atoms with van der Waals surface area (Å²) < 4.78 is 18.8. The number of imide groups is 1. The number of nitro benzene ring substituents is 1. The molecule has 0 aliphatic carbocycles. The van der Waals surface area contributed by atoms with Gasteiger partial charge >= 0.3 is 12.1 Å². The minimum Gasteiger partial charge on any atom is -0.491 e. The van der Waals surface area contributed by atoms with Crippen LogP contribution in [0.1, 0.15) is 90.1 Å². The molecule has 4 aliphatic heterocycles. The average Bonchev–Trinajstić information content (AvgIpc) is 3.81. The minimum absolute atomic E-state index is 0.106. The Hall–Kier alpha value is -7.38. The Kier molecular flexibility index (Phi) is 13.9. The number of nitro groups is 1. The molecule has 15 nitrogen and oxygen atoms in total. The topological polar surface area (TPSA) is 189 Å². The molecule has 5 aromatic carbocycles. The van der Waals surface area contributed by atoms with Gasteiger partial charge in [0.15, 0.2) is 0 Å². The highest BCUT2D eigenvalue weighted by Gasteiger charge is 2.76. The van der Waals surface area contributed by atoms with Gasteiger partial charge in [-0.15, -0.1) is 0 Å². The van der Waals surface area contributed by atoms with Gasteiger partial charge in [-0.25, -0.2) is 9.69 Å². The van der Waals surface area contributed by atoms with E-state index in [-0.39, 0.29) is 55.5 Å². The molecule has 9 rings (SSSR count). The Balaban J connectivity index is 1.33. The number of para-hydroxylation sites is 1. The number of amides is 3. The Bertz CT molecular complexity index is 2770. The van der Waals surface area contributed by atoms with Crippen LogP contribution in [0.3, 0.4) is 0 Å². The van der Waals surface area contributed by atoms with E-state index in [2.05, 4.69) is 11.8 Å². The maximum Gasteiger partial charge on any atom is 0.421 e. The number of nitrogens with zero attached hydrogens (tertiary/aromatic N) is 4. The predicted molar refractivity (Wildman–Crippen MR) is 252 cm³/mol. The van der Waals surface area contributed by atoms with Gasteiger partial charge in [0.25, 0.3) is 5.69 Å². The van der Waals surface area contributed by atoms with Crippen LogP contribution >= 0.6 is 0 Å². The molecule has 2 N–H and O–H groups in total. The second-order valence-corrected chi connectivity index (χ2v) is 17.6. The van der Waals surface area contributed by atoms with Gasteiger partial charge in [0.1, 0.15) is 36.5 Å². The number of benzene rings is 5. The molecule has 69 heavy (non-hydrogen) atoms. The summed E-state index contributed by atoms with van der Waals surface area (Å²) in [6.45, 7) is -0.275. The van der Waals surface area contributed by atoms with Crippen molar-refractivity contribution in [2.45, 2.75) is 74.8 Å². The van der Waals surface area contributed by atoms with Crippen molar-refractivity contribution in [3.8, 4) is 17.6 Å². The number of non-ortho nitro benzene ring substituents is 1. The lowest BCUT2D eigenvalue weighted by atomic mass is 9.64. The minimum atomic E-state index is -2.10. The summed E-state index contributed by atoms with van der Waals surface area (Å²) in [6, 6.07) is 32.7. The molecule has 0 radical (unpaired) electrons. The van der Waals surface area contributed by atoms with Crippen LogP contribution in [-0.4, -0.2) is 87.8 Å². The number of anilines is 1. The molecule has 6 atom stereocenters. The molecular weight excluding hydrogens is 881 g/mol. The summed E-state index contributed by atoms with van der Waals surface area (Å²) in [5, 5.41) is 31.2. The van der Waals surface area contributed by atoms with Crippen LogP contribution in [-0.2, 0) is 35.9 Å². The molecule has 0 aromatic heterocycles. The number of rotatable bonds is 11. The van der Waals surface area contributed by atoms with Crippen molar-refractivity contribution in [3.63, 3.8) is 0 Å². The average molecular weight is 933 g/mol. The number of carbonyl (C=O) groups is 4. The molecule has 354 valence electrons. The zero-order valence-corrected chi connectivity index (χ0v) is 37.9. The summed E-state index contributed by atoms with van der Waals surface area (Å²) in [5.41, 5.74) is 0.749. The Labute approximate surface area is 399 Å². The fraction of sp³-hybridized carbons (Fsp3) is 0.333. The van der Waals surface area contributed by atoms with Crippen LogP contribution in [0.15, 0.2) is 127 Å². The van der Waals surface area contributed by atoms with E-state index >= 15 is 14.4 Å². The smallest absolute Gasteiger partial charge is 0.421 e. The van der Waals surface area contributed by atoms with Crippen LogP contribution in [0.4, 0.5) is 16.2 Å². The Morgan fingerprint density at radius 3 is 2.14 bits per heavy atom. The van der Waals surface area contributed by atoms with E-state index in [0.717, 1.165) is 29.7 Å². The summed E-state index contributed by atoms with van der Waals surface area (Å²) in [6.07, 6.45) is 2.30. The normalized spacial score (nSPS) is 23.2. The molecule has 3 fully saturated rings. The van der Waals surface area contributed by atoms with E-state index in [1.54, 1.807) is 47.4 Å². The Morgan fingerprint density at radius 1 is 0.797 bits per heavy atom. The zero-order valence-electron chi connectivity index (χ0n) is 37.9. The van der Waals surface area contributed by atoms with Crippen LogP contribution in [0, 0.1) is 27.9 Å². The quantitative estimate of drug-likeness (QED) is 0.0576. The monoisotopic (exact) mass is 932 g/mol. The number of hydrogen-bond donors (Lipinski definition) is 2. The lowest BCUT2D eigenvalue weighted by molar-refractivity contribution is -0.384. The number of fused-ring (bicyclic) bond motifs is 3. The fourth-order valence-corrected chi connectivity index (χ4v) is 10.7. The van der Waals surface area contributed by atoms with Gasteiger partial charge in [0, 0.05) is 42.8 Å². The zero-order chi connectivity index (χ0) is 48.1. The van der Waals surface area contributed by atoms with Gasteiger partial charge in [-0.1, -0.05) is 110 Å². The SMILES string of the molecule is O=C1O[C@H](c2ccccc2)[C@H](c2ccccc2)N2[C@H]1[C@@H](C(=O)N1CCCCCCC1)[C@]1(C(=O)N(C(=O)OCc3ccc([N+](=O)[O-])cc3)c3ccc(C#CCCO)cc31)[C@H]2c1ccccc1OCCO. The highest BCUT2D eigenvalue weighted by Crippen LogP contribution is 2.67. The first kappa shape index (κ1) is 46.7. The first-order chi connectivity index (χ1) is 33.7. The number of morpholine rings is 1. The number of carbonyl (C=O) groups excluding carboxylic acids is 4. The van der Waals surface area contributed by atoms with Crippen molar-refractivity contribution < 1.29 is 48.5 Å². The second kappa shape index (κ2) is 20.5. The molecule has 3 amide bonds. The molecule has 4 aliphatic rings. The number of aliphatic hydroxyl groups excluding tert-OH is 2. The molecule has 0 bridgehead atoms. The largest absolute Gasteiger partial charge is 0.491 e. The summed E-state index contributed by atoms with van der Waals surface area (Å²) in [4.78, 5) is 78.8. The van der Waals surface area contributed by atoms with Gasteiger partial charge in [-0.3, -0.25) is 29.4 Å². The third-order valence-electron chi connectivity index (χ3n) is 13.6. The van der Waals surface area contributed by atoms with Gasteiger partial charge in [-0.05, 0) is 71.5 Å². The molecule has 0 saturated carbocycles. The standard InChI is InChI=1S/C54H52N4O11/c59-31-15-12-16-36-25-28-43-42(34-36)54(52(63)56(43)53(64)68-35-37-23-26-40(27-24-37)58(65)66)45(50(61)55-29-13-2-1-3-14-30-55)47-51(62)69-48(39-19-8-5-9-20-39)46(38-17-6-4-7-18-38)57(47)49(54)41-21-10-11-22-44(41)67-33-32-60/h4-11,17-28,34,45-49,59-60H,1-3,13-15,29-33,35H2/t45-,46-,47-,48+,49+,54-/m0/s1. The molecule has 1 spiro atoms. The molecule has 4 heterocycles. The maximum absolute atomic E-state index is 16.7. The third kappa shape index (κ3) is 8.71. The van der Waals surface area contributed by atoms with E-state index in [4.69, 9.17) is 14.2 Å². The molecule has 3 saturated heterocycles. The van der Waals surface area contributed by atoms with Crippen LogP contribution in [0.5, 0.6) is 5.75 Å². The predicted octanol–water partition coefficient (Wildman–Crippen LogP) is 7.49. The third-order valence-corrected chi connectivity index (χ3v) is 13.6. The summed E-state index contributed by atoms with van der Waals surface area (Å²) >= 11 is 0. The summed E-state index contributed by atoms with van der Waals surface area (Å²) in [5.74, 6) is 2.81. The van der Waals surface area contributed by atoms with Crippen LogP contribution in [0.25, 0.3) is 0 Å². The molecule has 0 unspecified atom stereocenters. The van der Waals surface area contributed by atoms with E-state index in [1.807, 2.05) is 65.6 Å². The number of aliphatic hydroxyl groups is 2. The van der Waals surface area contributed by atoms with Gasteiger partial charge in [0.2, 0.25) is 11.8 Å². The van der Waals surface area contributed by atoms with E-state index in [0.29, 0.717) is 48.2 Å². The van der Waals surface area contributed by atoms with Crippen LogP contribution in [0.2, 0.25) is 0 Å². The van der Waals surface area contributed by atoms with Gasteiger partial charge < -0.3 is 29.3 Å². The van der Waals surface area contributed by atoms with Crippen LogP contribution < -0.4 is 9.64 Å². The highest BCUT2D eigenvalue weighted by atomic mass is 16.6. The van der Waals surface area contributed by atoms with Crippen molar-refractivity contribution in [2.24, 2.45) is 5.92 Å². The van der Waals surface area contributed by atoms with Crippen molar-refractivity contribution in [2.75, 3.05) is 37.8 Å². The van der Waals surface area contributed by atoms with Gasteiger partial charge in [-0.2, -0.15) is 0 Å². The highest BCUT2D eigenvalue weighted by molar-refractivity contribution is 6.23. The first-order valence-electron chi connectivity index (χ1n) is 23.4. The second-order valence-electron chi connectivity index (χ2n) is 17.6.